The monoisotopic (exact) mass is 309 g/mol. The first kappa shape index (κ1) is 14.8. The SMILES string of the molecule is Cc1ccc2nc(COc3ccccc3C(N)=O)cc(=O)n2c1. The predicted octanol–water partition coefficient (Wildman–Crippen LogP) is 1.68. The number of aryl methyl sites for hydroxylation is 1. The van der Waals surface area contributed by atoms with Gasteiger partial charge in [-0.2, -0.15) is 0 Å². The van der Waals surface area contributed by atoms with Crippen LogP contribution in [-0.2, 0) is 6.61 Å². The second-order valence-corrected chi connectivity index (χ2v) is 5.17. The molecule has 3 rings (SSSR count). The van der Waals surface area contributed by atoms with E-state index in [1.807, 2.05) is 13.0 Å². The summed E-state index contributed by atoms with van der Waals surface area (Å²) in [6, 6.07) is 11.8. The van der Waals surface area contributed by atoms with E-state index in [1.54, 1.807) is 36.5 Å². The summed E-state index contributed by atoms with van der Waals surface area (Å²) in [6.07, 6.45) is 1.73. The van der Waals surface area contributed by atoms with Crippen molar-refractivity contribution >= 4 is 11.6 Å². The predicted molar refractivity (Wildman–Crippen MR) is 85.5 cm³/mol. The number of rotatable bonds is 4. The number of carbonyl (C=O) groups excluding carboxylic acids is 1. The maximum Gasteiger partial charge on any atom is 0.258 e. The van der Waals surface area contributed by atoms with Crippen LogP contribution in [0.15, 0.2) is 53.5 Å². The van der Waals surface area contributed by atoms with Crippen LogP contribution in [0, 0.1) is 6.92 Å². The van der Waals surface area contributed by atoms with Gasteiger partial charge in [0.25, 0.3) is 11.5 Å². The van der Waals surface area contributed by atoms with Crippen LogP contribution in [0.3, 0.4) is 0 Å². The van der Waals surface area contributed by atoms with Gasteiger partial charge in [0.2, 0.25) is 0 Å². The molecule has 0 saturated heterocycles. The molecule has 23 heavy (non-hydrogen) atoms. The van der Waals surface area contributed by atoms with Gasteiger partial charge in [0, 0.05) is 12.3 Å². The van der Waals surface area contributed by atoms with Crippen LogP contribution in [0.5, 0.6) is 5.75 Å². The summed E-state index contributed by atoms with van der Waals surface area (Å²) in [5, 5.41) is 0. The van der Waals surface area contributed by atoms with E-state index < -0.39 is 5.91 Å². The van der Waals surface area contributed by atoms with E-state index >= 15 is 0 Å². The number of nitrogens with two attached hydrogens (primary N) is 1. The Morgan fingerprint density at radius 3 is 2.83 bits per heavy atom. The Balaban J connectivity index is 1.90. The van der Waals surface area contributed by atoms with Gasteiger partial charge in [0.15, 0.2) is 0 Å². The second-order valence-electron chi connectivity index (χ2n) is 5.17. The maximum absolute atomic E-state index is 12.1. The first-order chi connectivity index (χ1) is 11.0. The summed E-state index contributed by atoms with van der Waals surface area (Å²) in [5.41, 5.74) is 7.42. The van der Waals surface area contributed by atoms with Crippen molar-refractivity contribution in [1.29, 1.82) is 0 Å². The molecule has 2 N–H and O–H groups in total. The van der Waals surface area contributed by atoms with Crippen molar-refractivity contribution < 1.29 is 9.53 Å². The van der Waals surface area contributed by atoms with Gasteiger partial charge in [-0.05, 0) is 30.7 Å². The minimum atomic E-state index is -0.567. The van der Waals surface area contributed by atoms with Crippen molar-refractivity contribution in [1.82, 2.24) is 9.38 Å². The molecule has 0 fully saturated rings. The van der Waals surface area contributed by atoms with Crippen molar-refractivity contribution in [3.05, 3.63) is 75.8 Å². The molecule has 0 unspecified atom stereocenters. The Morgan fingerprint density at radius 1 is 1.26 bits per heavy atom. The first-order valence-corrected chi connectivity index (χ1v) is 7.05. The molecule has 6 heteroatoms. The standard InChI is InChI=1S/C17H15N3O3/c1-11-6-7-15-19-12(8-16(21)20(15)9-11)10-23-14-5-3-2-4-13(14)17(18)22/h2-9H,10H2,1H3,(H2,18,22). The van der Waals surface area contributed by atoms with Gasteiger partial charge >= 0.3 is 0 Å². The molecule has 1 aromatic carbocycles. The molecule has 0 spiro atoms. The van der Waals surface area contributed by atoms with E-state index in [9.17, 15) is 9.59 Å². The van der Waals surface area contributed by atoms with Crippen LogP contribution in [0.1, 0.15) is 21.6 Å². The molecule has 0 aliphatic carbocycles. The number of carbonyl (C=O) groups is 1. The average Bonchev–Trinajstić information content (AvgIpc) is 2.54. The van der Waals surface area contributed by atoms with E-state index in [0.29, 0.717) is 22.7 Å². The van der Waals surface area contributed by atoms with Crippen LogP contribution in [-0.4, -0.2) is 15.3 Å². The summed E-state index contributed by atoms with van der Waals surface area (Å²) in [6.45, 7) is 1.98. The molecule has 0 atom stereocenters. The molecule has 0 aliphatic heterocycles. The summed E-state index contributed by atoms with van der Waals surface area (Å²) in [5.74, 6) is -0.200. The van der Waals surface area contributed by atoms with Gasteiger partial charge in [-0.3, -0.25) is 14.0 Å². The van der Waals surface area contributed by atoms with E-state index in [0.717, 1.165) is 5.56 Å². The van der Waals surface area contributed by atoms with Crippen LogP contribution < -0.4 is 16.0 Å². The Kier molecular flexibility index (Phi) is 3.80. The number of fused-ring (bicyclic) bond motifs is 1. The summed E-state index contributed by atoms with van der Waals surface area (Å²) in [7, 11) is 0. The number of amides is 1. The minimum Gasteiger partial charge on any atom is -0.486 e. The third-order valence-electron chi connectivity index (χ3n) is 3.39. The van der Waals surface area contributed by atoms with Gasteiger partial charge < -0.3 is 10.5 Å². The van der Waals surface area contributed by atoms with E-state index in [-0.39, 0.29) is 12.2 Å². The lowest BCUT2D eigenvalue weighted by atomic mass is 10.2. The van der Waals surface area contributed by atoms with Crippen molar-refractivity contribution in [2.24, 2.45) is 5.73 Å². The molecule has 0 bridgehead atoms. The normalized spacial score (nSPS) is 10.7. The Morgan fingerprint density at radius 2 is 2.04 bits per heavy atom. The highest BCUT2D eigenvalue weighted by molar-refractivity contribution is 5.95. The van der Waals surface area contributed by atoms with Crippen molar-refractivity contribution in [2.45, 2.75) is 13.5 Å². The van der Waals surface area contributed by atoms with Crippen LogP contribution in [0.4, 0.5) is 0 Å². The second kappa shape index (κ2) is 5.92. The molecular formula is C17H15N3O3. The summed E-state index contributed by atoms with van der Waals surface area (Å²) >= 11 is 0. The van der Waals surface area contributed by atoms with Gasteiger partial charge in [0.05, 0.1) is 11.3 Å². The van der Waals surface area contributed by atoms with E-state index in [2.05, 4.69) is 4.98 Å². The smallest absolute Gasteiger partial charge is 0.258 e. The summed E-state index contributed by atoms with van der Waals surface area (Å²) < 4.78 is 7.08. The topological polar surface area (TPSA) is 86.7 Å². The molecule has 0 aliphatic rings. The van der Waals surface area contributed by atoms with Gasteiger partial charge in [-0.1, -0.05) is 18.2 Å². The summed E-state index contributed by atoms with van der Waals surface area (Å²) in [4.78, 5) is 27.9. The van der Waals surface area contributed by atoms with Gasteiger partial charge in [-0.25, -0.2) is 4.98 Å². The third-order valence-corrected chi connectivity index (χ3v) is 3.39. The fraction of sp³-hybridized carbons (Fsp3) is 0.118. The molecule has 6 nitrogen and oxygen atoms in total. The fourth-order valence-electron chi connectivity index (χ4n) is 2.28. The molecule has 0 radical (unpaired) electrons. The number of ether oxygens (including phenoxy) is 1. The highest BCUT2D eigenvalue weighted by Gasteiger charge is 2.09. The zero-order valence-electron chi connectivity index (χ0n) is 12.5. The van der Waals surface area contributed by atoms with Crippen molar-refractivity contribution in [2.75, 3.05) is 0 Å². The Labute approximate surface area is 132 Å². The largest absolute Gasteiger partial charge is 0.486 e. The number of pyridine rings is 1. The lowest BCUT2D eigenvalue weighted by Gasteiger charge is -2.09. The Bertz CT molecular complexity index is 947. The van der Waals surface area contributed by atoms with Crippen LogP contribution in [0.2, 0.25) is 0 Å². The maximum atomic E-state index is 12.1. The number of primary amides is 1. The quantitative estimate of drug-likeness (QED) is 0.794. The number of benzene rings is 1. The Hall–Kier alpha value is -3.15. The number of hydrogen-bond donors (Lipinski definition) is 1. The zero-order chi connectivity index (χ0) is 16.4. The molecule has 2 aromatic heterocycles. The molecule has 3 aromatic rings. The zero-order valence-corrected chi connectivity index (χ0v) is 12.5. The minimum absolute atomic E-state index is 0.0733. The van der Waals surface area contributed by atoms with Crippen LogP contribution >= 0.6 is 0 Å². The molecule has 0 saturated carbocycles. The number of aromatic nitrogens is 2. The molecule has 2 heterocycles. The number of nitrogens with zero attached hydrogens (tertiary/aromatic N) is 2. The highest BCUT2D eigenvalue weighted by atomic mass is 16.5. The fourth-order valence-corrected chi connectivity index (χ4v) is 2.28. The highest BCUT2D eigenvalue weighted by Crippen LogP contribution is 2.18. The number of hydrogen-bond acceptors (Lipinski definition) is 4. The first-order valence-electron chi connectivity index (χ1n) is 7.05. The number of para-hydroxylation sites is 1. The lowest BCUT2D eigenvalue weighted by Crippen LogP contribution is -2.17. The van der Waals surface area contributed by atoms with Crippen molar-refractivity contribution in [3.63, 3.8) is 0 Å². The molecular weight excluding hydrogens is 294 g/mol. The molecule has 116 valence electrons. The van der Waals surface area contributed by atoms with E-state index in [1.165, 1.54) is 10.5 Å². The van der Waals surface area contributed by atoms with E-state index in [4.69, 9.17) is 10.5 Å². The molecule has 1 amide bonds. The van der Waals surface area contributed by atoms with Gasteiger partial charge in [-0.15, -0.1) is 0 Å². The average molecular weight is 309 g/mol. The van der Waals surface area contributed by atoms with Crippen molar-refractivity contribution in [3.8, 4) is 5.75 Å². The third kappa shape index (κ3) is 3.06. The lowest BCUT2D eigenvalue weighted by molar-refractivity contribution is 0.0996. The van der Waals surface area contributed by atoms with Crippen LogP contribution in [0.25, 0.3) is 5.65 Å². The van der Waals surface area contributed by atoms with Gasteiger partial charge in [0.1, 0.15) is 18.0 Å².